The zero-order chi connectivity index (χ0) is 18.4. The Kier molecular flexibility index (Phi) is 6.25. The molecule has 134 valence electrons. The van der Waals surface area contributed by atoms with Crippen molar-refractivity contribution in [1.29, 1.82) is 0 Å². The molecule has 0 unspecified atom stereocenters. The monoisotopic (exact) mass is 388 g/mol. The maximum Gasteiger partial charge on any atom is 0.236 e. The Morgan fingerprint density at radius 1 is 1.19 bits per heavy atom. The zero-order valence-electron chi connectivity index (χ0n) is 14.1. The molecule has 2 aromatic carbocycles. The quantitative estimate of drug-likeness (QED) is 0.574. The fourth-order valence-electron chi connectivity index (χ4n) is 2.19. The van der Waals surface area contributed by atoms with E-state index in [-0.39, 0.29) is 17.5 Å². The maximum atomic E-state index is 12.9. The van der Waals surface area contributed by atoms with Gasteiger partial charge in [-0.1, -0.05) is 0 Å². The number of halogens is 1. The highest BCUT2D eigenvalue weighted by Crippen LogP contribution is 2.27. The number of nitrogens with zero attached hydrogens (tertiary/aromatic N) is 1. The number of aromatic nitrogens is 1. The Balaban J connectivity index is 1.55. The van der Waals surface area contributed by atoms with Crippen LogP contribution in [0.4, 0.5) is 9.52 Å². The molecule has 1 N–H and O–H groups in total. The van der Waals surface area contributed by atoms with Crippen LogP contribution in [0.1, 0.15) is 6.92 Å². The third-order valence-corrected chi connectivity index (χ3v) is 5.16. The topological polar surface area (TPSA) is 51.2 Å². The largest absolute Gasteiger partial charge is 0.494 e. The summed E-state index contributed by atoms with van der Waals surface area (Å²) in [4.78, 5) is 17.4. The molecule has 0 fully saturated rings. The van der Waals surface area contributed by atoms with Gasteiger partial charge in [0.25, 0.3) is 0 Å². The number of thioether (sulfide) groups is 1. The van der Waals surface area contributed by atoms with Gasteiger partial charge in [-0.2, -0.15) is 0 Å². The molecule has 0 radical (unpaired) electrons. The second-order valence-electron chi connectivity index (χ2n) is 5.29. The first-order valence-corrected chi connectivity index (χ1v) is 9.87. The fourth-order valence-corrected chi connectivity index (χ4v) is 3.62. The van der Waals surface area contributed by atoms with Crippen molar-refractivity contribution in [3.05, 3.63) is 59.7 Å². The number of rotatable bonds is 7. The van der Waals surface area contributed by atoms with E-state index in [4.69, 9.17) is 4.74 Å². The minimum Gasteiger partial charge on any atom is -0.494 e. The fraction of sp³-hybridized carbons (Fsp3) is 0.158. The Hall–Kier alpha value is -2.38. The molecular weight excluding hydrogens is 371 g/mol. The number of hydrogen-bond donors (Lipinski definition) is 1. The van der Waals surface area contributed by atoms with Crippen molar-refractivity contribution >= 4 is 34.1 Å². The van der Waals surface area contributed by atoms with Gasteiger partial charge in [-0.3, -0.25) is 4.79 Å². The molecule has 0 aliphatic heterocycles. The van der Waals surface area contributed by atoms with Gasteiger partial charge in [0.15, 0.2) is 5.13 Å². The average Bonchev–Trinajstić information content (AvgIpc) is 3.10. The molecule has 3 rings (SSSR count). The van der Waals surface area contributed by atoms with Crippen LogP contribution < -0.4 is 10.1 Å². The first-order valence-electron chi connectivity index (χ1n) is 8.01. The molecule has 0 saturated carbocycles. The molecule has 1 amide bonds. The predicted molar refractivity (Wildman–Crippen MR) is 104 cm³/mol. The highest BCUT2D eigenvalue weighted by molar-refractivity contribution is 8.00. The van der Waals surface area contributed by atoms with Gasteiger partial charge in [0, 0.05) is 15.8 Å². The molecular formula is C19H17FN2O2S2. The Bertz CT molecular complexity index is 864. The van der Waals surface area contributed by atoms with Crippen LogP contribution >= 0.6 is 23.1 Å². The standard InChI is InChI=1S/C19H17FN2O2S2/c1-2-24-15-7-3-13(4-8-15)17-11-26-19(21-17)22-18(23)12-25-16-9-5-14(20)6-10-16/h3-11H,2,12H2,1H3,(H,21,22,23). The van der Waals surface area contributed by atoms with Gasteiger partial charge in [-0.25, -0.2) is 9.37 Å². The third kappa shape index (κ3) is 5.06. The van der Waals surface area contributed by atoms with E-state index in [1.165, 1.54) is 35.2 Å². The predicted octanol–water partition coefficient (Wildman–Crippen LogP) is 5.08. The summed E-state index contributed by atoms with van der Waals surface area (Å²) in [5.74, 6) is 0.622. The van der Waals surface area contributed by atoms with Gasteiger partial charge in [-0.15, -0.1) is 23.1 Å². The van der Waals surface area contributed by atoms with Crippen LogP contribution in [-0.4, -0.2) is 23.3 Å². The summed E-state index contributed by atoms with van der Waals surface area (Å²) in [6, 6.07) is 13.7. The van der Waals surface area contributed by atoms with Crippen LogP contribution in [0.5, 0.6) is 5.75 Å². The van der Waals surface area contributed by atoms with Crippen molar-refractivity contribution in [1.82, 2.24) is 4.98 Å². The van der Waals surface area contributed by atoms with Crippen molar-refractivity contribution in [3.8, 4) is 17.0 Å². The lowest BCUT2D eigenvalue weighted by Gasteiger charge is -2.03. The number of carbonyl (C=O) groups excluding carboxylic acids is 1. The minimum atomic E-state index is -0.289. The summed E-state index contributed by atoms with van der Waals surface area (Å²) in [6.45, 7) is 2.57. The van der Waals surface area contributed by atoms with Crippen molar-refractivity contribution in [2.75, 3.05) is 17.7 Å². The second kappa shape index (κ2) is 8.82. The molecule has 7 heteroatoms. The molecule has 0 spiro atoms. The molecule has 1 heterocycles. The van der Waals surface area contributed by atoms with Gasteiger partial charge >= 0.3 is 0 Å². The van der Waals surface area contributed by atoms with E-state index < -0.39 is 0 Å². The summed E-state index contributed by atoms with van der Waals surface area (Å²) in [5, 5.41) is 5.25. The first-order chi connectivity index (χ1) is 12.6. The van der Waals surface area contributed by atoms with Crippen LogP contribution in [0.15, 0.2) is 58.8 Å². The van der Waals surface area contributed by atoms with Gasteiger partial charge in [-0.05, 0) is 55.5 Å². The van der Waals surface area contributed by atoms with Crippen molar-refractivity contribution in [2.24, 2.45) is 0 Å². The SMILES string of the molecule is CCOc1ccc(-c2csc(NC(=O)CSc3ccc(F)cc3)n2)cc1. The summed E-state index contributed by atoms with van der Waals surface area (Å²) in [7, 11) is 0. The van der Waals surface area contributed by atoms with E-state index >= 15 is 0 Å². The Morgan fingerprint density at radius 3 is 2.62 bits per heavy atom. The second-order valence-corrected chi connectivity index (χ2v) is 7.19. The summed E-state index contributed by atoms with van der Waals surface area (Å²) < 4.78 is 18.3. The lowest BCUT2D eigenvalue weighted by atomic mass is 10.2. The molecule has 0 bridgehead atoms. The number of amides is 1. The third-order valence-electron chi connectivity index (χ3n) is 3.40. The maximum absolute atomic E-state index is 12.9. The lowest BCUT2D eigenvalue weighted by molar-refractivity contribution is -0.113. The van der Waals surface area contributed by atoms with Crippen LogP contribution in [0, 0.1) is 5.82 Å². The zero-order valence-corrected chi connectivity index (χ0v) is 15.7. The molecule has 0 aliphatic rings. The van der Waals surface area contributed by atoms with Crippen molar-refractivity contribution in [3.63, 3.8) is 0 Å². The number of hydrogen-bond acceptors (Lipinski definition) is 5. The Morgan fingerprint density at radius 2 is 1.92 bits per heavy atom. The summed E-state index contributed by atoms with van der Waals surface area (Å²) >= 11 is 2.73. The van der Waals surface area contributed by atoms with Gasteiger partial charge in [0.05, 0.1) is 18.1 Å². The number of ether oxygens (including phenoxy) is 1. The van der Waals surface area contributed by atoms with Crippen LogP contribution in [-0.2, 0) is 4.79 Å². The van der Waals surface area contributed by atoms with Gasteiger partial charge in [0.1, 0.15) is 11.6 Å². The van der Waals surface area contributed by atoms with Gasteiger partial charge < -0.3 is 10.1 Å². The number of benzene rings is 2. The summed E-state index contributed by atoms with van der Waals surface area (Å²) in [6.07, 6.45) is 0. The smallest absolute Gasteiger partial charge is 0.236 e. The number of carbonyl (C=O) groups is 1. The number of anilines is 1. The van der Waals surface area contributed by atoms with Crippen LogP contribution in [0.2, 0.25) is 0 Å². The van der Waals surface area contributed by atoms with Crippen LogP contribution in [0.3, 0.4) is 0 Å². The number of thiazole rings is 1. The van der Waals surface area contributed by atoms with E-state index in [0.29, 0.717) is 11.7 Å². The van der Waals surface area contributed by atoms with E-state index in [9.17, 15) is 9.18 Å². The van der Waals surface area contributed by atoms with Crippen LogP contribution in [0.25, 0.3) is 11.3 Å². The van der Waals surface area contributed by atoms with Crippen molar-refractivity contribution in [2.45, 2.75) is 11.8 Å². The van der Waals surface area contributed by atoms with E-state index in [2.05, 4.69) is 10.3 Å². The molecule has 26 heavy (non-hydrogen) atoms. The normalized spacial score (nSPS) is 10.5. The van der Waals surface area contributed by atoms with Crippen molar-refractivity contribution < 1.29 is 13.9 Å². The molecule has 4 nitrogen and oxygen atoms in total. The van der Waals surface area contributed by atoms with Gasteiger partial charge in [0.2, 0.25) is 5.91 Å². The molecule has 0 saturated heterocycles. The van der Waals surface area contributed by atoms with E-state index in [0.717, 1.165) is 21.9 Å². The highest BCUT2D eigenvalue weighted by Gasteiger charge is 2.09. The molecule has 3 aromatic rings. The molecule has 1 aromatic heterocycles. The minimum absolute atomic E-state index is 0.146. The number of nitrogens with one attached hydrogen (secondary N) is 1. The van der Waals surface area contributed by atoms with E-state index in [1.54, 1.807) is 12.1 Å². The Labute approximate surface area is 159 Å². The van der Waals surface area contributed by atoms with E-state index in [1.807, 2.05) is 36.6 Å². The molecule has 0 atom stereocenters. The highest BCUT2D eigenvalue weighted by atomic mass is 32.2. The summed E-state index contributed by atoms with van der Waals surface area (Å²) in [5.41, 5.74) is 1.77. The molecule has 0 aliphatic carbocycles. The average molecular weight is 388 g/mol. The lowest BCUT2D eigenvalue weighted by Crippen LogP contribution is -2.13. The first kappa shape index (κ1) is 18.4.